The fraction of sp³-hybridized carbons (Fsp3) is 0.316. The van der Waals surface area contributed by atoms with Crippen molar-refractivity contribution in [3.63, 3.8) is 0 Å². The Morgan fingerprint density at radius 1 is 0.917 bits per heavy atom. The molecule has 5 nitrogen and oxygen atoms in total. The summed E-state index contributed by atoms with van der Waals surface area (Å²) >= 11 is 0. The van der Waals surface area contributed by atoms with Crippen LogP contribution in [0.15, 0.2) is 54.6 Å². The highest BCUT2D eigenvalue weighted by Crippen LogP contribution is 2.13. The predicted octanol–water partition coefficient (Wildman–Crippen LogP) is 2.19. The molecule has 0 atom stereocenters. The van der Waals surface area contributed by atoms with Crippen LogP contribution in [0, 0.1) is 0 Å². The standard InChI is InChI=1S/C19H23NO4/c21-12-11-20-19(22)15-16-7-9-18(10-8-16)24-14-4-13-23-17-5-2-1-3-6-17/h1-3,5-10,21H,4,11-15H2,(H,20,22). The summed E-state index contributed by atoms with van der Waals surface area (Å²) in [6.45, 7) is 1.41. The van der Waals surface area contributed by atoms with Crippen LogP contribution in [0.1, 0.15) is 12.0 Å². The number of hydrogen-bond donors (Lipinski definition) is 2. The van der Waals surface area contributed by atoms with E-state index in [1.807, 2.05) is 54.6 Å². The molecular weight excluding hydrogens is 306 g/mol. The van der Waals surface area contributed by atoms with Crippen molar-refractivity contribution in [2.24, 2.45) is 0 Å². The molecule has 2 N–H and O–H groups in total. The Morgan fingerprint density at radius 2 is 1.54 bits per heavy atom. The molecule has 0 radical (unpaired) electrons. The minimum absolute atomic E-state index is 0.0491. The minimum atomic E-state index is -0.101. The largest absolute Gasteiger partial charge is 0.493 e. The molecule has 0 fully saturated rings. The molecule has 2 aromatic rings. The first-order valence-electron chi connectivity index (χ1n) is 8.05. The Hall–Kier alpha value is -2.53. The van der Waals surface area contributed by atoms with Gasteiger partial charge in [0.1, 0.15) is 11.5 Å². The zero-order valence-corrected chi connectivity index (χ0v) is 13.6. The average Bonchev–Trinajstić information content (AvgIpc) is 2.62. The monoisotopic (exact) mass is 329 g/mol. The molecule has 0 aromatic heterocycles. The number of amides is 1. The molecule has 128 valence electrons. The maximum absolute atomic E-state index is 11.5. The molecule has 0 aliphatic carbocycles. The van der Waals surface area contributed by atoms with Gasteiger partial charge < -0.3 is 19.9 Å². The van der Waals surface area contributed by atoms with Crippen LogP contribution in [0.25, 0.3) is 0 Å². The van der Waals surface area contributed by atoms with E-state index in [1.165, 1.54) is 0 Å². The number of benzene rings is 2. The van der Waals surface area contributed by atoms with Crippen LogP contribution in [0.2, 0.25) is 0 Å². The zero-order chi connectivity index (χ0) is 17.0. The fourth-order valence-electron chi connectivity index (χ4n) is 2.10. The molecule has 1 amide bonds. The molecule has 0 unspecified atom stereocenters. The number of hydrogen-bond acceptors (Lipinski definition) is 4. The molecule has 0 aliphatic heterocycles. The van der Waals surface area contributed by atoms with Gasteiger partial charge in [0.15, 0.2) is 0 Å². The number of ether oxygens (including phenoxy) is 2. The molecule has 0 bridgehead atoms. The smallest absolute Gasteiger partial charge is 0.224 e. The number of aliphatic hydroxyl groups excluding tert-OH is 1. The number of nitrogens with one attached hydrogen (secondary N) is 1. The maximum atomic E-state index is 11.5. The van der Waals surface area contributed by atoms with Crippen molar-refractivity contribution in [3.05, 3.63) is 60.2 Å². The molecule has 24 heavy (non-hydrogen) atoms. The molecule has 0 heterocycles. The van der Waals surface area contributed by atoms with Crippen LogP contribution in [-0.2, 0) is 11.2 Å². The topological polar surface area (TPSA) is 67.8 Å². The Labute approximate surface area is 142 Å². The van der Waals surface area contributed by atoms with Gasteiger partial charge >= 0.3 is 0 Å². The van der Waals surface area contributed by atoms with Crippen LogP contribution >= 0.6 is 0 Å². The molecule has 2 aromatic carbocycles. The fourth-order valence-corrected chi connectivity index (χ4v) is 2.10. The summed E-state index contributed by atoms with van der Waals surface area (Å²) in [5, 5.41) is 11.3. The normalized spacial score (nSPS) is 10.2. The van der Waals surface area contributed by atoms with E-state index in [1.54, 1.807) is 0 Å². The second-order valence-electron chi connectivity index (χ2n) is 5.26. The molecule has 5 heteroatoms. The first-order valence-corrected chi connectivity index (χ1v) is 8.05. The van der Waals surface area contributed by atoms with E-state index >= 15 is 0 Å². The maximum Gasteiger partial charge on any atom is 0.224 e. The molecule has 0 saturated heterocycles. The van der Waals surface area contributed by atoms with Gasteiger partial charge in [-0.25, -0.2) is 0 Å². The lowest BCUT2D eigenvalue weighted by Gasteiger charge is -2.09. The molecular formula is C19H23NO4. The average molecular weight is 329 g/mol. The SMILES string of the molecule is O=C(Cc1ccc(OCCCOc2ccccc2)cc1)NCCO. The van der Waals surface area contributed by atoms with E-state index in [4.69, 9.17) is 14.6 Å². The zero-order valence-electron chi connectivity index (χ0n) is 13.6. The third-order valence-electron chi connectivity index (χ3n) is 3.29. The van der Waals surface area contributed by atoms with Crippen molar-refractivity contribution in [3.8, 4) is 11.5 Å². The highest BCUT2D eigenvalue weighted by Gasteiger charge is 2.03. The number of para-hydroxylation sites is 1. The van der Waals surface area contributed by atoms with Crippen molar-refractivity contribution in [2.75, 3.05) is 26.4 Å². The van der Waals surface area contributed by atoms with Crippen LogP contribution in [0.4, 0.5) is 0 Å². The van der Waals surface area contributed by atoms with Gasteiger partial charge in [0.25, 0.3) is 0 Å². The van der Waals surface area contributed by atoms with Gasteiger partial charge in [0.2, 0.25) is 5.91 Å². The first-order chi connectivity index (χ1) is 11.8. The summed E-state index contributed by atoms with van der Waals surface area (Å²) in [5.74, 6) is 1.53. The van der Waals surface area contributed by atoms with E-state index in [9.17, 15) is 4.79 Å². The van der Waals surface area contributed by atoms with Crippen LogP contribution < -0.4 is 14.8 Å². The Kier molecular flexibility index (Phi) is 7.63. The number of rotatable bonds is 10. The van der Waals surface area contributed by atoms with Gasteiger partial charge in [-0.2, -0.15) is 0 Å². The molecule has 0 aliphatic rings. The summed E-state index contributed by atoms with van der Waals surface area (Å²) in [5.41, 5.74) is 0.908. The van der Waals surface area contributed by atoms with Crippen molar-refractivity contribution >= 4 is 5.91 Å². The van der Waals surface area contributed by atoms with E-state index in [2.05, 4.69) is 5.32 Å². The van der Waals surface area contributed by atoms with E-state index in [-0.39, 0.29) is 19.1 Å². The van der Waals surface area contributed by atoms with E-state index in [0.717, 1.165) is 23.5 Å². The van der Waals surface area contributed by atoms with Crippen LogP contribution in [0.3, 0.4) is 0 Å². The van der Waals surface area contributed by atoms with Gasteiger partial charge in [-0.3, -0.25) is 4.79 Å². The quantitative estimate of drug-likeness (QED) is 0.656. The third kappa shape index (κ3) is 6.71. The highest BCUT2D eigenvalue weighted by atomic mass is 16.5. The minimum Gasteiger partial charge on any atom is -0.493 e. The summed E-state index contributed by atoms with van der Waals surface area (Å²) in [6.07, 6.45) is 1.09. The van der Waals surface area contributed by atoms with Gasteiger partial charge in [0, 0.05) is 13.0 Å². The van der Waals surface area contributed by atoms with E-state index < -0.39 is 0 Å². The highest BCUT2D eigenvalue weighted by molar-refractivity contribution is 5.78. The third-order valence-corrected chi connectivity index (χ3v) is 3.29. The summed E-state index contributed by atoms with van der Waals surface area (Å²) < 4.78 is 11.3. The molecule has 0 spiro atoms. The van der Waals surface area contributed by atoms with Gasteiger partial charge in [-0.05, 0) is 29.8 Å². The van der Waals surface area contributed by atoms with Gasteiger partial charge in [-0.1, -0.05) is 30.3 Å². The molecule has 2 rings (SSSR count). The number of carbonyl (C=O) groups excluding carboxylic acids is 1. The Morgan fingerprint density at radius 3 is 2.17 bits per heavy atom. The van der Waals surface area contributed by atoms with Crippen molar-refractivity contribution in [2.45, 2.75) is 12.8 Å². The van der Waals surface area contributed by atoms with Crippen molar-refractivity contribution in [1.29, 1.82) is 0 Å². The number of aliphatic hydroxyl groups is 1. The predicted molar refractivity (Wildman–Crippen MR) is 92.3 cm³/mol. The van der Waals surface area contributed by atoms with Gasteiger partial charge in [0.05, 0.1) is 26.2 Å². The lowest BCUT2D eigenvalue weighted by atomic mass is 10.1. The van der Waals surface area contributed by atoms with Crippen molar-refractivity contribution < 1.29 is 19.4 Å². The van der Waals surface area contributed by atoms with Crippen LogP contribution in [0.5, 0.6) is 11.5 Å². The Bertz CT molecular complexity index is 599. The lowest BCUT2D eigenvalue weighted by molar-refractivity contribution is -0.120. The Balaban J connectivity index is 1.64. The van der Waals surface area contributed by atoms with Crippen LogP contribution in [-0.4, -0.2) is 37.4 Å². The lowest BCUT2D eigenvalue weighted by Crippen LogP contribution is -2.27. The second-order valence-corrected chi connectivity index (χ2v) is 5.26. The first kappa shape index (κ1) is 17.8. The van der Waals surface area contributed by atoms with E-state index in [0.29, 0.717) is 19.6 Å². The molecule has 0 saturated carbocycles. The van der Waals surface area contributed by atoms with Gasteiger partial charge in [-0.15, -0.1) is 0 Å². The second kappa shape index (κ2) is 10.3. The number of carbonyl (C=O) groups is 1. The summed E-state index contributed by atoms with van der Waals surface area (Å²) in [7, 11) is 0. The summed E-state index contributed by atoms with van der Waals surface area (Å²) in [6, 6.07) is 17.1. The summed E-state index contributed by atoms with van der Waals surface area (Å²) in [4.78, 5) is 11.5. The van der Waals surface area contributed by atoms with Crippen molar-refractivity contribution in [1.82, 2.24) is 5.32 Å².